The zero-order valence-electron chi connectivity index (χ0n) is 20.4. The molecule has 0 aliphatic rings. The highest BCUT2D eigenvalue weighted by Crippen LogP contribution is 2.31. The van der Waals surface area contributed by atoms with Crippen LogP contribution in [0.1, 0.15) is 37.4 Å². The number of nitrogens with one attached hydrogen (secondary N) is 1. The summed E-state index contributed by atoms with van der Waals surface area (Å²) in [5.41, 5.74) is 4.48. The Kier molecular flexibility index (Phi) is 7.51. The SMILES string of the molecule is CCCc1c(OCCCCOc2ccc(-c3nnn[nH]3)cc2)ccc2c1ccn2Cc1ccccn1. The third-order valence-corrected chi connectivity index (χ3v) is 6.12. The molecule has 0 spiro atoms. The Hall–Kier alpha value is -4.20. The van der Waals surface area contributed by atoms with E-state index in [0.717, 1.165) is 55.0 Å². The first-order valence-corrected chi connectivity index (χ1v) is 12.4. The van der Waals surface area contributed by atoms with Crippen LogP contribution in [0.3, 0.4) is 0 Å². The van der Waals surface area contributed by atoms with Crippen molar-refractivity contribution in [2.24, 2.45) is 0 Å². The number of aromatic amines is 1. The van der Waals surface area contributed by atoms with Crippen molar-refractivity contribution >= 4 is 10.9 Å². The van der Waals surface area contributed by atoms with Gasteiger partial charge in [-0.05, 0) is 84.3 Å². The number of hydrogen-bond acceptors (Lipinski definition) is 6. The van der Waals surface area contributed by atoms with Gasteiger partial charge in [-0.15, -0.1) is 5.10 Å². The minimum atomic E-state index is 0.643. The second kappa shape index (κ2) is 11.5. The Labute approximate surface area is 210 Å². The van der Waals surface area contributed by atoms with Gasteiger partial charge in [0.05, 0.1) is 25.5 Å². The maximum atomic E-state index is 6.24. The monoisotopic (exact) mass is 482 g/mol. The molecule has 5 rings (SSSR count). The quantitative estimate of drug-likeness (QED) is 0.238. The molecular weight excluding hydrogens is 452 g/mol. The van der Waals surface area contributed by atoms with Gasteiger partial charge in [0.25, 0.3) is 0 Å². The van der Waals surface area contributed by atoms with Crippen LogP contribution in [0.2, 0.25) is 0 Å². The molecule has 8 nitrogen and oxygen atoms in total. The summed E-state index contributed by atoms with van der Waals surface area (Å²) >= 11 is 0. The number of unbranched alkanes of at least 4 members (excludes halogenated alkanes) is 1. The van der Waals surface area contributed by atoms with Crippen LogP contribution in [-0.4, -0.2) is 43.4 Å². The highest BCUT2D eigenvalue weighted by Gasteiger charge is 2.12. The lowest BCUT2D eigenvalue weighted by atomic mass is 10.0. The topological polar surface area (TPSA) is 90.7 Å². The third-order valence-electron chi connectivity index (χ3n) is 6.12. The van der Waals surface area contributed by atoms with Gasteiger partial charge in [0.15, 0.2) is 5.82 Å². The lowest BCUT2D eigenvalue weighted by Gasteiger charge is -2.14. The van der Waals surface area contributed by atoms with Crippen molar-refractivity contribution in [2.75, 3.05) is 13.2 Å². The molecule has 0 radical (unpaired) electrons. The van der Waals surface area contributed by atoms with Gasteiger partial charge in [-0.3, -0.25) is 4.98 Å². The molecule has 0 unspecified atom stereocenters. The maximum Gasteiger partial charge on any atom is 0.179 e. The predicted molar refractivity (Wildman–Crippen MR) is 139 cm³/mol. The minimum Gasteiger partial charge on any atom is -0.494 e. The van der Waals surface area contributed by atoms with Crippen LogP contribution in [0.15, 0.2) is 73.1 Å². The van der Waals surface area contributed by atoms with E-state index < -0.39 is 0 Å². The summed E-state index contributed by atoms with van der Waals surface area (Å²) < 4.78 is 14.4. The summed E-state index contributed by atoms with van der Waals surface area (Å²) in [7, 11) is 0. The number of nitrogens with zero attached hydrogens (tertiary/aromatic N) is 5. The normalized spacial score (nSPS) is 11.1. The minimum absolute atomic E-state index is 0.643. The van der Waals surface area contributed by atoms with Gasteiger partial charge in [0, 0.05) is 34.4 Å². The number of ether oxygens (including phenoxy) is 2. The predicted octanol–water partition coefficient (Wildman–Crippen LogP) is 5.46. The van der Waals surface area contributed by atoms with E-state index in [1.165, 1.54) is 16.5 Å². The largest absolute Gasteiger partial charge is 0.494 e. The first kappa shape index (κ1) is 23.5. The Balaban J connectivity index is 1.14. The van der Waals surface area contributed by atoms with E-state index in [1.54, 1.807) is 0 Å². The number of tetrazole rings is 1. The molecule has 0 amide bonds. The Bertz CT molecular complexity index is 1360. The average molecular weight is 483 g/mol. The van der Waals surface area contributed by atoms with Gasteiger partial charge >= 0.3 is 0 Å². The molecule has 36 heavy (non-hydrogen) atoms. The van der Waals surface area contributed by atoms with Crippen LogP contribution in [0.25, 0.3) is 22.3 Å². The smallest absolute Gasteiger partial charge is 0.179 e. The highest BCUT2D eigenvalue weighted by molar-refractivity contribution is 5.86. The van der Waals surface area contributed by atoms with Gasteiger partial charge in [0.1, 0.15) is 11.5 Å². The van der Waals surface area contributed by atoms with Crippen molar-refractivity contribution in [2.45, 2.75) is 39.2 Å². The maximum absolute atomic E-state index is 6.24. The number of aromatic nitrogens is 6. The summed E-state index contributed by atoms with van der Waals surface area (Å²) in [5.74, 6) is 2.46. The second-order valence-electron chi connectivity index (χ2n) is 8.67. The molecule has 0 aliphatic carbocycles. The van der Waals surface area contributed by atoms with E-state index >= 15 is 0 Å². The van der Waals surface area contributed by atoms with Gasteiger partial charge < -0.3 is 14.0 Å². The number of fused-ring (bicyclic) bond motifs is 1. The summed E-state index contributed by atoms with van der Waals surface area (Å²) in [6.45, 7) is 4.28. The van der Waals surface area contributed by atoms with Gasteiger partial charge in [-0.2, -0.15) is 0 Å². The van der Waals surface area contributed by atoms with E-state index in [4.69, 9.17) is 9.47 Å². The van der Waals surface area contributed by atoms with E-state index in [2.05, 4.69) is 67.6 Å². The van der Waals surface area contributed by atoms with Crippen molar-refractivity contribution in [1.29, 1.82) is 0 Å². The van der Waals surface area contributed by atoms with Crippen molar-refractivity contribution < 1.29 is 9.47 Å². The molecule has 0 atom stereocenters. The van der Waals surface area contributed by atoms with Gasteiger partial charge in [-0.25, -0.2) is 5.10 Å². The molecule has 1 N–H and O–H groups in total. The number of aryl methyl sites for hydroxylation is 1. The third kappa shape index (κ3) is 5.54. The lowest BCUT2D eigenvalue weighted by molar-refractivity contribution is 0.265. The summed E-state index contributed by atoms with van der Waals surface area (Å²) in [5, 5.41) is 15.1. The zero-order chi connectivity index (χ0) is 24.6. The van der Waals surface area contributed by atoms with Crippen LogP contribution >= 0.6 is 0 Å². The fourth-order valence-corrected chi connectivity index (χ4v) is 4.33. The first-order chi connectivity index (χ1) is 17.8. The van der Waals surface area contributed by atoms with E-state index in [0.29, 0.717) is 19.0 Å². The molecule has 5 aromatic rings. The van der Waals surface area contributed by atoms with Crippen LogP contribution in [0, 0.1) is 0 Å². The standard InChI is InChI=1S/C28H30N6O2/c1-2-7-25-24-15-17-34(20-22-8-3-4-16-29-22)26(24)13-14-27(25)36-19-6-5-18-35-23-11-9-21(10-12-23)28-30-32-33-31-28/h3-4,8-17H,2,5-7,18-20H2,1H3,(H,30,31,32,33). The average Bonchev–Trinajstić information content (AvgIpc) is 3.59. The number of rotatable bonds is 12. The summed E-state index contributed by atoms with van der Waals surface area (Å²) in [6, 6.07) is 20.3. The van der Waals surface area contributed by atoms with Gasteiger partial charge in [0.2, 0.25) is 0 Å². The molecule has 184 valence electrons. The van der Waals surface area contributed by atoms with Gasteiger partial charge in [-0.1, -0.05) is 19.4 Å². The van der Waals surface area contributed by atoms with Crippen LogP contribution < -0.4 is 9.47 Å². The summed E-state index contributed by atoms with van der Waals surface area (Å²) in [4.78, 5) is 4.47. The number of pyridine rings is 1. The molecule has 0 aliphatic heterocycles. The fourth-order valence-electron chi connectivity index (χ4n) is 4.33. The Morgan fingerprint density at radius 2 is 1.78 bits per heavy atom. The number of H-pyrrole nitrogens is 1. The van der Waals surface area contributed by atoms with Crippen LogP contribution in [0.5, 0.6) is 11.5 Å². The fraction of sp³-hybridized carbons (Fsp3) is 0.286. The van der Waals surface area contributed by atoms with Crippen LogP contribution in [0.4, 0.5) is 0 Å². The molecular formula is C28H30N6O2. The Morgan fingerprint density at radius 1 is 0.917 bits per heavy atom. The molecule has 3 heterocycles. The van der Waals surface area contributed by atoms with Crippen LogP contribution in [-0.2, 0) is 13.0 Å². The second-order valence-corrected chi connectivity index (χ2v) is 8.67. The zero-order valence-corrected chi connectivity index (χ0v) is 20.4. The molecule has 0 fully saturated rings. The van der Waals surface area contributed by atoms with E-state index in [-0.39, 0.29) is 0 Å². The molecule has 0 saturated heterocycles. The van der Waals surface area contributed by atoms with E-state index in [9.17, 15) is 0 Å². The number of benzene rings is 2. The van der Waals surface area contributed by atoms with Crippen molar-refractivity contribution in [1.82, 2.24) is 30.2 Å². The van der Waals surface area contributed by atoms with E-state index in [1.807, 2.05) is 42.6 Å². The molecule has 0 bridgehead atoms. The molecule has 0 saturated carbocycles. The molecule has 8 heteroatoms. The van der Waals surface area contributed by atoms with Crippen molar-refractivity contribution in [3.05, 3.63) is 84.3 Å². The van der Waals surface area contributed by atoms with Crippen molar-refractivity contribution in [3.63, 3.8) is 0 Å². The lowest BCUT2D eigenvalue weighted by Crippen LogP contribution is -2.05. The Morgan fingerprint density at radius 3 is 2.53 bits per heavy atom. The summed E-state index contributed by atoms with van der Waals surface area (Å²) in [6.07, 6.45) is 7.89. The molecule has 2 aromatic carbocycles. The molecule has 3 aromatic heterocycles. The number of hydrogen-bond donors (Lipinski definition) is 1. The van der Waals surface area contributed by atoms with Crippen molar-refractivity contribution in [3.8, 4) is 22.9 Å². The first-order valence-electron chi connectivity index (χ1n) is 12.4. The highest BCUT2D eigenvalue weighted by atomic mass is 16.5.